The highest BCUT2D eigenvalue weighted by Crippen LogP contribution is 2.04. The Balaban J connectivity index is 1.34. The first-order valence-electron chi connectivity index (χ1n) is 10.6. The molecule has 0 aromatic carbocycles. The Kier molecular flexibility index (Phi) is 11.4. The summed E-state index contributed by atoms with van der Waals surface area (Å²) in [6.45, 7) is 2.32. The number of carbonyl (C=O) groups is 2. The third kappa shape index (κ3) is 11.0. The minimum Gasteiger partial charge on any atom is -0.338 e. The molecule has 4 N–H and O–H groups in total. The van der Waals surface area contributed by atoms with E-state index >= 15 is 0 Å². The Morgan fingerprint density at radius 1 is 0.633 bits per heavy atom. The molecule has 4 amide bonds. The highest BCUT2D eigenvalue weighted by atomic mass is 16.2. The van der Waals surface area contributed by atoms with E-state index in [0.717, 1.165) is 49.7 Å². The molecule has 0 spiro atoms. The molecule has 0 atom stereocenters. The van der Waals surface area contributed by atoms with Crippen LogP contribution in [0.3, 0.4) is 0 Å². The molecule has 0 saturated heterocycles. The minimum absolute atomic E-state index is 0.147. The van der Waals surface area contributed by atoms with Crippen molar-refractivity contribution in [2.24, 2.45) is 0 Å². The molecular formula is C22H32N6O2. The number of urea groups is 2. The highest BCUT2D eigenvalue weighted by molar-refractivity contribution is 5.74. The molecule has 0 bridgehead atoms. The number of unbranched alkanes of at least 4 members (excludes halogenated alkanes) is 5. The first-order chi connectivity index (χ1) is 14.7. The number of amides is 4. The van der Waals surface area contributed by atoms with Crippen LogP contribution in [0.15, 0.2) is 49.1 Å². The molecule has 0 aliphatic rings. The van der Waals surface area contributed by atoms with Crippen molar-refractivity contribution in [3.63, 3.8) is 0 Å². The fraction of sp³-hybridized carbons (Fsp3) is 0.455. The van der Waals surface area contributed by atoms with Gasteiger partial charge in [-0.25, -0.2) is 9.59 Å². The van der Waals surface area contributed by atoms with Crippen LogP contribution in [0.2, 0.25) is 0 Å². The Morgan fingerprint density at radius 3 is 1.47 bits per heavy atom. The number of nitrogens with zero attached hydrogens (tertiary/aromatic N) is 2. The van der Waals surface area contributed by atoms with Crippen molar-refractivity contribution in [2.75, 3.05) is 13.1 Å². The molecule has 8 heteroatoms. The van der Waals surface area contributed by atoms with Crippen molar-refractivity contribution >= 4 is 12.1 Å². The second kappa shape index (κ2) is 14.8. The first-order valence-corrected chi connectivity index (χ1v) is 10.6. The summed E-state index contributed by atoms with van der Waals surface area (Å²) in [5, 5.41) is 11.4. The SMILES string of the molecule is O=C(NCCCCCCCCNC(=O)NCc1cccnc1)NCc1cccnc1. The number of aromatic nitrogens is 2. The maximum atomic E-state index is 11.7. The third-order valence-electron chi connectivity index (χ3n) is 4.53. The predicted molar refractivity (Wildman–Crippen MR) is 117 cm³/mol. The lowest BCUT2D eigenvalue weighted by Crippen LogP contribution is -2.35. The molecule has 0 unspecified atom stereocenters. The van der Waals surface area contributed by atoms with Gasteiger partial charge >= 0.3 is 12.1 Å². The molecule has 30 heavy (non-hydrogen) atoms. The van der Waals surface area contributed by atoms with Gasteiger partial charge in [-0.3, -0.25) is 9.97 Å². The Labute approximate surface area is 178 Å². The van der Waals surface area contributed by atoms with Gasteiger partial charge in [0, 0.05) is 51.0 Å². The summed E-state index contributed by atoms with van der Waals surface area (Å²) < 4.78 is 0. The molecule has 0 saturated carbocycles. The van der Waals surface area contributed by atoms with Crippen molar-refractivity contribution in [1.29, 1.82) is 0 Å². The fourth-order valence-electron chi connectivity index (χ4n) is 2.86. The monoisotopic (exact) mass is 412 g/mol. The molecule has 0 aliphatic heterocycles. The van der Waals surface area contributed by atoms with Gasteiger partial charge in [0.25, 0.3) is 0 Å². The minimum atomic E-state index is -0.147. The third-order valence-corrected chi connectivity index (χ3v) is 4.53. The van der Waals surface area contributed by atoms with Crippen molar-refractivity contribution in [3.05, 3.63) is 60.2 Å². The first kappa shape index (κ1) is 23.1. The summed E-state index contributed by atoms with van der Waals surface area (Å²) in [5.41, 5.74) is 1.96. The van der Waals surface area contributed by atoms with E-state index < -0.39 is 0 Å². The van der Waals surface area contributed by atoms with Gasteiger partial charge in [-0.2, -0.15) is 0 Å². The predicted octanol–water partition coefficient (Wildman–Crippen LogP) is 3.12. The van der Waals surface area contributed by atoms with Gasteiger partial charge in [-0.15, -0.1) is 0 Å². The van der Waals surface area contributed by atoms with Gasteiger partial charge in [-0.05, 0) is 36.1 Å². The number of rotatable bonds is 13. The normalized spacial score (nSPS) is 10.3. The lowest BCUT2D eigenvalue weighted by Gasteiger charge is -2.08. The van der Waals surface area contributed by atoms with Crippen LogP contribution in [0.5, 0.6) is 0 Å². The van der Waals surface area contributed by atoms with Crippen LogP contribution in [0.25, 0.3) is 0 Å². The zero-order chi connectivity index (χ0) is 21.3. The summed E-state index contributed by atoms with van der Waals surface area (Å²) >= 11 is 0. The number of hydrogen-bond donors (Lipinski definition) is 4. The number of nitrogens with one attached hydrogen (secondary N) is 4. The molecule has 2 aromatic heterocycles. The maximum absolute atomic E-state index is 11.7. The van der Waals surface area contributed by atoms with E-state index in [1.54, 1.807) is 24.8 Å². The van der Waals surface area contributed by atoms with Crippen molar-refractivity contribution < 1.29 is 9.59 Å². The van der Waals surface area contributed by atoms with Crippen LogP contribution in [0.4, 0.5) is 9.59 Å². The molecule has 2 heterocycles. The lowest BCUT2D eigenvalue weighted by atomic mass is 10.1. The summed E-state index contributed by atoms with van der Waals surface area (Å²) in [5.74, 6) is 0. The van der Waals surface area contributed by atoms with Crippen LogP contribution in [-0.4, -0.2) is 35.1 Å². The zero-order valence-electron chi connectivity index (χ0n) is 17.4. The standard InChI is InChI=1S/C22H32N6O2/c29-21(27-17-19-9-7-11-23-15-19)25-13-5-3-1-2-4-6-14-26-22(30)28-18-20-10-8-12-24-16-20/h7-12,15-16H,1-6,13-14,17-18H2,(H2,25,27,29)(H2,26,28,30). The Morgan fingerprint density at radius 2 is 1.07 bits per heavy atom. The van der Waals surface area contributed by atoms with E-state index in [-0.39, 0.29) is 12.1 Å². The summed E-state index contributed by atoms with van der Waals surface area (Å²) in [4.78, 5) is 31.5. The Hall–Kier alpha value is -3.16. The van der Waals surface area contributed by atoms with E-state index in [1.807, 2.05) is 24.3 Å². The number of carbonyl (C=O) groups excluding carboxylic acids is 2. The number of hydrogen-bond acceptors (Lipinski definition) is 4. The van der Waals surface area contributed by atoms with Crippen LogP contribution in [0.1, 0.15) is 49.7 Å². The van der Waals surface area contributed by atoms with E-state index in [2.05, 4.69) is 31.2 Å². The average Bonchev–Trinajstić information content (AvgIpc) is 2.79. The van der Waals surface area contributed by atoms with Crippen LogP contribution < -0.4 is 21.3 Å². The number of pyridine rings is 2. The van der Waals surface area contributed by atoms with Crippen LogP contribution in [0, 0.1) is 0 Å². The van der Waals surface area contributed by atoms with E-state index in [0.29, 0.717) is 26.2 Å². The molecule has 0 fully saturated rings. The molecule has 0 radical (unpaired) electrons. The van der Waals surface area contributed by atoms with Crippen molar-refractivity contribution in [1.82, 2.24) is 31.2 Å². The second-order valence-corrected chi connectivity index (χ2v) is 7.06. The van der Waals surface area contributed by atoms with Crippen LogP contribution >= 0.6 is 0 Å². The van der Waals surface area contributed by atoms with Gasteiger partial charge in [-0.1, -0.05) is 37.8 Å². The second-order valence-electron chi connectivity index (χ2n) is 7.06. The molecule has 2 rings (SSSR count). The molecule has 8 nitrogen and oxygen atoms in total. The fourth-order valence-corrected chi connectivity index (χ4v) is 2.86. The largest absolute Gasteiger partial charge is 0.338 e. The molecular weight excluding hydrogens is 380 g/mol. The molecule has 162 valence electrons. The summed E-state index contributed by atoms with van der Waals surface area (Å²) in [6, 6.07) is 7.27. The van der Waals surface area contributed by atoms with Crippen molar-refractivity contribution in [2.45, 2.75) is 51.6 Å². The van der Waals surface area contributed by atoms with Crippen molar-refractivity contribution in [3.8, 4) is 0 Å². The topological polar surface area (TPSA) is 108 Å². The van der Waals surface area contributed by atoms with Gasteiger partial charge < -0.3 is 21.3 Å². The lowest BCUT2D eigenvalue weighted by molar-refractivity contribution is 0.239. The summed E-state index contributed by atoms with van der Waals surface area (Å²) in [6.07, 6.45) is 13.3. The summed E-state index contributed by atoms with van der Waals surface area (Å²) in [7, 11) is 0. The smallest absolute Gasteiger partial charge is 0.315 e. The Bertz CT molecular complexity index is 663. The zero-order valence-corrected chi connectivity index (χ0v) is 17.4. The van der Waals surface area contributed by atoms with Gasteiger partial charge in [0.1, 0.15) is 0 Å². The quantitative estimate of drug-likeness (QED) is 0.379. The van der Waals surface area contributed by atoms with E-state index in [4.69, 9.17) is 0 Å². The van der Waals surface area contributed by atoms with E-state index in [9.17, 15) is 9.59 Å². The van der Waals surface area contributed by atoms with Gasteiger partial charge in [0.15, 0.2) is 0 Å². The molecule has 2 aromatic rings. The highest BCUT2D eigenvalue weighted by Gasteiger charge is 2.01. The van der Waals surface area contributed by atoms with E-state index in [1.165, 1.54) is 0 Å². The average molecular weight is 413 g/mol. The molecule has 0 aliphatic carbocycles. The van der Waals surface area contributed by atoms with Crippen LogP contribution in [-0.2, 0) is 13.1 Å². The maximum Gasteiger partial charge on any atom is 0.315 e. The van der Waals surface area contributed by atoms with Gasteiger partial charge in [0.2, 0.25) is 0 Å². The van der Waals surface area contributed by atoms with Gasteiger partial charge in [0.05, 0.1) is 0 Å².